The number of carbonyl (C=O) groups is 1. The Hall–Kier alpha value is -0.410. The normalized spacial score (nSPS) is 24.4. The number of aliphatic hydroxyl groups excluding tert-OH is 1. The molecule has 0 aliphatic heterocycles. The summed E-state index contributed by atoms with van der Waals surface area (Å²) in [6.45, 7) is 4.00. The summed E-state index contributed by atoms with van der Waals surface area (Å²) in [5, 5.41) is 9.16. The molecule has 1 rings (SSSR count). The highest BCUT2D eigenvalue weighted by atomic mass is 16.3. The van der Waals surface area contributed by atoms with Gasteiger partial charge in [0.05, 0.1) is 12.6 Å². The minimum atomic E-state index is -0.287. The smallest absolute Gasteiger partial charge is 0.149 e. The van der Waals surface area contributed by atoms with Crippen molar-refractivity contribution in [2.24, 2.45) is 0 Å². The molecule has 0 amide bonds. The van der Waals surface area contributed by atoms with Gasteiger partial charge in [-0.25, -0.2) is 0 Å². The number of likely N-dealkylation sites (N-methyl/N-ethyl adjacent to an activating group) is 1. The van der Waals surface area contributed by atoms with Crippen LogP contribution in [0.1, 0.15) is 33.1 Å². The lowest BCUT2D eigenvalue weighted by molar-refractivity contribution is -0.123. The van der Waals surface area contributed by atoms with Crippen LogP contribution in [0.15, 0.2) is 0 Å². The van der Waals surface area contributed by atoms with Gasteiger partial charge in [-0.3, -0.25) is 9.69 Å². The zero-order chi connectivity index (χ0) is 10.1. The molecular weight excluding hydrogens is 166 g/mol. The van der Waals surface area contributed by atoms with Crippen LogP contribution in [0, 0.1) is 0 Å². The van der Waals surface area contributed by atoms with Gasteiger partial charge >= 0.3 is 0 Å². The van der Waals surface area contributed by atoms with Crippen molar-refractivity contribution in [2.75, 3.05) is 13.7 Å². The van der Waals surface area contributed by atoms with E-state index in [-0.39, 0.29) is 18.2 Å². The zero-order valence-electron chi connectivity index (χ0n) is 8.71. The van der Waals surface area contributed by atoms with E-state index in [0.717, 1.165) is 12.8 Å². The molecule has 1 unspecified atom stereocenters. The topological polar surface area (TPSA) is 40.5 Å². The minimum absolute atomic E-state index is 0.0298. The Morgan fingerprint density at radius 1 is 1.62 bits per heavy atom. The van der Waals surface area contributed by atoms with Gasteiger partial charge in [0.25, 0.3) is 0 Å². The van der Waals surface area contributed by atoms with Crippen molar-refractivity contribution in [3.8, 4) is 0 Å². The maximum atomic E-state index is 11.5. The van der Waals surface area contributed by atoms with Gasteiger partial charge in [-0.2, -0.15) is 0 Å². The molecule has 76 valence electrons. The fraction of sp³-hybridized carbons (Fsp3) is 0.900. The number of rotatable bonds is 3. The first-order valence-electron chi connectivity index (χ1n) is 4.85. The van der Waals surface area contributed by atoms with Crippen LogP contribution in [0.2, 0.25) is 0 Å². The molecule has 0 aromatic rings. The Bertz CT molecular complexity index is 201. The molecule has 0 heterocycles. The largest absolute Gasteiger partial charge is 0.394 e. The molecule has 0 bridgehead atoms. The van der Waals surface area contributed by atoms with Crippen LogP contribution < -0.4 is 0 Å². The Kier molecular flexibility index (Phi) is 3.09. The van der Waals surface area contributed by atoms with Crippen LogP contribution in [0.4, 0.5) is 0 Å². The first kappa shape index (κ1) is 10.7. The molecule has 0 spiro atoms. The lowest BCUT2D eigenvalue weighted by Gasteiger charge is -2.37. The van der Waals surface area contributed by atoms with E-state index in [1.165, 1.54) is 0 Å². The van der Waals surface area contributed by atoms with E-state index in [2.05, 4.69) is 0 Å². The van der Waals surface area contributed by atoms with Crippen molar-refractivity contribution in [1.82, 2.24) is 4.90 Å². The third kappa shape index (κ3) is 2.09. The fourth-order valence-corrected chi connectivity index (χ4v) is 1.74. The molecule has 1 aliphatic carbocycles. The molecular formula is C10H19NO2. The molecule has 0 saturated heterocycles. The SMILES string of the molecule is CN(C1CCCC1=O)C(C)(C)CO. The van der Waals surface area contributed by atoms with Gasteiger partial charge in [0.2, 0.25) is 0 Å². The van der Waals surface area contributed by atoms with E-state index in [0.29, 0.717) is 12.2 Å². The highest BCUT2D eigenvalue weighted by molar-refractivity contribution is 5.85. The number of hydrogen-bond acceptors (Lipinski definition) is 3. The van der Waals surface area contributed by atoms with Gasteiger partial charge in [0, 0.05) is 12.0 Å². The molecule has 3 nitrogen and oxygen atoms in total. The summed E-state index contributed by atoms with van der Waals surface area (Å²) in [5.41, 5.74) is -0.287. The first-order chi connectivity index (χ1) is 5.99. The molecule has 0 radical (unpaired) electrons. The van der Waals surface area contributed by atoms with Gasteiger partial charge in [-0.1, -0.05) is 0 Å². The Morgan fingerprint density at radius 3 is 2.62 bits per heavy atom. The molecule has 1 atom stereocenters. The van der Waals surface area contributed by atoms with Crippen molar-refractivity contribution >= 4 is 5.78 Å². The minimum Gasteiger partial charge on any atom is -0.394 e. The lowest BCUT2D eigenvalue weighted by atomic mass is 10.0. The Labute approximate surface area is 79.7 Å². The predicted octanol–water partition coefficient (Wildman–Crippen LogP) is 0.811. The summed E-state index contributed by atoms with van der Waals surface area (Å²) in [4.78, 5) is 13.5. The monoisotopic (exact) mass is 185 g/mol. The van der Waals surface area contributed by atoms with E-state index in [1.54, 1.807) is 0 Å². The molecule has 13 heavy (non-hydrogen) atoms. The van der Waals surface area contributed by atoms with Crippen LogP contribution in [-0.4, -0.2) is 41.0 Å². The maximum Gasteiger partial charge on any atom is 0.149 e. The summed E-state index contributed by atoms with van der Waals surface area (Å²) in [5.74, 6) is 0.323. The second-order valence-corrected chi connectivity index (χ2v) is 4.46. The van der Waals surface area contributed by atoms with Gasteiger partial charge in [0.1, 0.15) is 5.78 Å². The van der Waals surface area contributed by atoms with Crippen molar-refractivity contribution in [3.63, 3.8) is 0 Å². The van der Waals surface area contributed by atoms with Gasteiger partial charge in [-0.15, -0.1) is 0 Å². The number of carbonyl (C=O) groups excluding carboxylic acids is 1. The van der Waals surface area contributed by atoms with Gasteiger partial charge in [-0.05, 0) is 33.7 Å². The van der Waals surface area contributed by atoms with Crippen molar-refractivity contribution in [2.45, 2.75) is 44.7 Å². The fourth-order valence-electron chi connectivity index (χ4n) is 1.74. The van der Waals surface area contributed by atoms with E-state index in [1.807, 2.05) is 25.8 Å². The van der Waals surface area contributed by atoms with Gasteiger partial charge in [0.15, 0.2) is 0 Å². The highest BCUT2D eigenvalue weighted by Gasteiger charge is 2.35. The van der Waals surface area contributed by atoms with Crippen LogP contribution in [0.5, 0.6) is 0 Å². The molecule has 3 heteroatoms. The number of aliphatic hydroxyl groups is 1. The van der Waals surface area contributed by atoms with E-state index in [4.69, 9.17) is 5.11 Å². The predicted molar refractivity (Wildman–Crippen MR) is 51.6 cm³/mol. The maximum absolute atomic E-state index is 11.5. The van der Waals surface area contributed by atoms with Crippen molar-refractivity contribution in [3.05, 3.63) is 0 Å². The van der Waals surface area contributed by atoms with Crippen LogP contribution >= 0.6 is 0 Å². The van der Waals surface area contributed by atoms with Crippen LogP contribution in [0.25, 0.3) is 0 Å². The Morgan fingerprint density at radius 2 is 2.23 bits per heavy atom. The summed E-state index contributed by atoms with van der Waals surface area (Å²) >= 11 is 0. The number of Topliss-reactive ketones (excluding diaryl/α,β-unsaturated/α-hetero) is 1. The molecule has 1 aliphatic rings. The second-order valence-electron chi connectivity index (χ2n) is 4.46. The number of ketones is 1. The van der Waals surface area contributed by atoms with Crippen molar-refractivity contribution < 1.29 is 9.90 Å². The quantitative estimate of drug-likeness (QED) is 0.707. The number of nitrogens with zero attached hydrogens (tertiary/aromatic N) is 1. The molecule has 0 aromatic carbocycles. The number of hydrogen-bond donors (Lipinski definition) is 1. The third-order valence-corrected chi connectivity index (χ3v) is 3.08. The van der Waals surface area contributed by atoms with Crippen molar-refractivity contribution in [1.29, 1.82) is 0 Å². The zero-order valence-corrected chi connectivity index (χ0v) is 8.71. The summed E-state index contributed by atoms with van der Waals surface area (Å²) in [6.07, 6.45) is 2.64. The summed E-state index contributed by atoms with van der Waals surface area (Å²) in [7, 11) is 1.92. The lowest BCUT2D eigenvalue weighted by Crippen LogP contribution is -2.51. The Balaban J connectivity index is 2.66. The average Bonchev–Trinajstić information content (AvgIpc) is 2.50. The summed E-state index contributed by atoms with van der Waals surface area (Å²) < 4.78 is 0. The van der Waals surface area contributed by atoms with E-state index < -0.39 is 0 Å². The van der Waals surface area contributed by atoms with Crippen LogP contribution in [0.3, 0.4) is 0 Å². The van der Waals surface area contributed by atoms with Gasteiger partial charge < -0.3 is 5.11 Å². The molecule has 1 N–H and O–H groups in total. The molecule has 0 aromatic heterocycles. The van der Waals surface area contributed by atoms with E-state index in [9.17, 15) is 4.79 Å². The average molecular weight is 185 g/mol. The third-order valence-electron chi connectivity index (χ3n) is 3.08. The van der Waals surface area contributed by atoms with E-state index >= 15 is 0 Å². The highest BCUT2D eigenvalue weighted by Crippen LogP contribution is 2.24. The first-order valence-corrected chi connectivity index (χ1v) is 4.85. The molecule has 1 fully saturated rings. The van der Waals surface area contributed by atoms with Crippen LogP contribution in [-0.2, 0) is 4.79 Å². The standard InChI is InChI=1S/C10H19NO2/c1-10(2,7-12)11(3)8-5-4-6-9(8)13/h8,12H,4-7H2,1-3H3. The molecule has 1 saturated carbocycles. The summed E-state index contributed by atoms with van der Waals surface area (Å²) in [6, 6.07) is 0.0298. The second kappa shape index (κ2) is 3.76.